The van der Waals surface area contributed by atoms with Crippen molar-refractivity contribution in [1.29, 1.82) is 5.26 Å². The van der Waals surface area contributed by atoms with Crippen LogP contribution in [0.5, 0.6) is 46.0 Å². The number of rotatable bonds is 53. The molecular weight excluding hydrogens is 1630 g/mol. The zero-order valence-electron chi connectivity index (χ0n) is 66.2. The van der Waals surface area contributed by atoms with Gasteiger partial charge in [-0.3, -0.25) is 4.79 Å². The maximum Gasteiger partial charge on any atom is 0.350 e. The lowest BCUT2D eigenvalue weighted by Crippen LogP contribution is -2.11. The van der Waals surface area contributed by atoms with E-state index in [9.17, 15) is 53.2 Å². The third-order valence-corrected chi connectivity index (χ3v) is 22.7. The molecule has 0 radical (unpaired) electrons. The average Bonchev–Trinajstić information content (AvgIpc) is 1.64. The Morgan fingerprint density at radius 1 is 0.314 bits per heavy atom. The highest BCUT2D eigenvalue weighted by Gasteiger charge is 2.35. The molecule has 0 spiro atoms. The highest BCUT2D eigenvalue weighted by atomic mass is 32.2. The number of hydrogen-bond acceptors (Lipinski definition) is 29. The predicted molar refractivity (Wildman–Crippen MR) is 456 cm³/mol. The second kappa shape index (κ2) is 53.6. The average molecular weight is 1730 g/mol. The van der Waals surface area contributed by atoms with Crippen molar-refractivity contribution in [3.05, 3.63) is 225 Å². The van der Waals surface area contributed by atoms with Crippen LogP contribution < -0.4 is 37.9 Å². The topological polar surface area (TPSA) is 328 Å². The van der Waals surface area contributed by atoms with Crippen molar-refractivity contribution in [2.24, 2.45) is 0 Å². The van der Waals surface area contributed by atoms with Crippen LogP contribution in [-0.4, -0.2) is 126 Å². The fraction of sp³-hybridized carbons (Fsp3) is 0.341. The molecule has 0 unspecified atom stereocenters. The number of nitrogens with zero attached hydrogens (tertiary/aromatic N) is 2. The number of ether oxygens (including phenoxy) is 14. The van der Waals surface area contributed by atoms with Gasteiger partial charge in [0.1, 0.15) is 52.1 Å². The number of esters is 10. The molecule has 0 amide bonds. The first-order valence-corrected chi connectivity index (χ1v) is 42.3. The van der Waals surface area contributed by atoms with E-state index in [1.165, 1.54) is 24.3 Å². The Labute approximate surface area is 720 Å². The minimum absolute atomic E-state index is 0. The lowest BCUT2D eigenvalue weighted by Gasteiger charge is -2.13. The summed E-state index contributed by atoms with van der Waals surface area (Å²) in [4.78, 5) is 133. The fourth-order valence-corrected chi connectivity index (χ4v) is 16.2. The van der Waals surface area contributed by atoms with E-state index in [-0.39, 0.29) is 105 Å². The van der Waals surface area contributed by atoms with Gasteiger partial charge in [-0.25, -0.2) is 48.0 Å². The van der Waals surface area contributed by atoms with Crippen molar-refractivity contribution in [3.8, 4) is 52.1 Å². The molecule has 0 fully saturated rings. The van der Waals surface area contributed by atoms with Crippen molar-refractivity contribution in [2.45, 2.75) is 155 Å². The van der Waals surface area contributed by atoms with Crippen LogP contribution >= 0.6 is 47.0 Å². The van der Waals surface area contributed by atoms with Crippen molar-refractivity contribution in [1.82, 2.24) is 0 Å². The van der Waals surface area contributed by atoms with Gasteiger partial charge in [0.15, 0.2) is 5.57 Å². The number of carbonyl (C=O) groups is 10. The van der Waals surface area contributed by atoms with E-state index in [2.05, 4.69) is 31.2 Å². The molecule has 0 atom stereocenters. The SMILES string of the molecule is C.[C-]#[N+]C(C(=O)OCCCCCCOC(=O)C(C#N)=C1Sc2c(OC(=O)c3ccc(OCCCCCCOC(=O)C=C)cc3)ccc(OC(=O)c3ccc(OCCCCCCOC(=O)C=C)cc3)c2S1)=C1Sc2c(OC(=O)c3ccc(OCCCCCCOC(=O)C=C)cc3)ccc(OC(=O)c3ccc(OCCCCCCOC(=O)C=C)cc3)c2S1. The second-order valence-electron chi connectivity index (χ2n) is 26.2. The van der Waals surface area contributed by atoms with Crippen LogP contribution in [0.15, 0.2) is 211 Å². The third kappa shape index (κ3) is 32.6. The van der Waals surface area contributed by atoms with Crippen LogP contribution in [0.25, 0.3) is 4.85 Å². The first-order chi connectivity index (χ1) is 58.4. The maximum absolute atomic E-state index is 13.8. The lowest BCUT2D eigenvalue weighted by atomic mass is 10.2. The molecule has 30 heteroatoms. The fourth-order valence-electron chi connectivity index (χ4n) is 11.1. The van der Waals surface area contributed by atoms with E-state index in [0.717, 1.165) is 148 Å². The Bertz CT molecular complexity index is 4190. The van der Waals surface area contributed by atoms with Gasteiger partial charge in [0.2, 0.25) is 0 Å². The van der Waals surface area contributed by atoms with Crippen LogP contribution in [-0.2, 0) is 57.2 Å². The molecule has 2 heterocycles. The van der Waals surface area contributed by atoms with Crippen LogP contribution in [0.1, 0.15) is 177 Å². The standard InChI is InChI=1S/C90H92N2O24S4.CH4/c1-6-74(93)107-54-24-14-10-20-50-103-65-38-30-61(31-39-65)83(97)113-70-46-47-71(114-84(98)62-32-40-66(41-33-62)104-51-21-11-15-25-55-108-75(94)7-2)80-79(70)117-89(118-80)69(60-91)87(101)111-58-28-18-19-29-59-112-88(102)78(92-5)90-119-81-72(115-85(99)63-34-42-67(43-35-63)105-52-22-12-16-26-56-109-76(95)8-3)48-49-73(82(81)120-90)116-86(100)64-36-44-68(45-37-64)106-53-23-13-17-27-57-110-77(96)9-4;/h6-9,30-49H,1-4,10-29,50-59H2;1H4. The van der Waals surface area contributed by atoms with E-state index >= 15 is 0 Å². The molecule has 638 valence electrons. The van der Waals surface area contributed by atoms with Gasteiger partial charge in [-0.2, -0.15) is 5.26 Å². The van der Waals surface area contributed by atoms with Crippen molar-refractivity contribution >= 4 is 107 Å². The van der Waals surface area contributed by atoms with Gasteiger partial charge in [0, 0.05) is 24.3 Å². The van der Waals surface area contributed by atoms with Crippen LogP contribution in [0, 0.1) is 17.9 Å². The number of fused-ring (bicyclic) bond motifs is 2. The Morgan fingerprint density at radius 2 is 0.537 bits per heavy atom. The van der Waals surface area contributed by atoms with Crippen molar-refractivity contribution in [2.75, 3.05) is 66.1 Å². The quantitative estimate of drug-likeness (QED) is 0.00651. The number of carbonyl (C=O) groups excluding carboxylic acids is 10. The maximum atomic E-state index is 13.8. The molecule has 0 aromatic heterocycles. The monoisotopic (exact) mass is 1730 g/mol. The molecule has 0 aliphatic carbocycles. The zero-order valence-corrected chi connectivity index (χ0v) is 69.5. The van der Waals surface area contributed by atoms with E-state index in [0.29, 0.717) is 127 Å². The molecule has 2 aliphatic heterocycles. The molecule has 0 saturated heterocycles. The van der Waals surface area contributed by atoms with Gasteiger partial charge < -0.3 is 66.3 Å². The number of hydrogen-bond donors (Lipinski definition) is 0. The summed E-state index contributed by atoms with van der Waals surface area (Å²) in [6.07, 6.45) is 18.7. The first kappa shape index (κ1) is 96.2. The molecular formula is C91H96N2O24S4. The third-order valence-electron chi connectivity index (χ3n) is 17.4. The highest BCUT2D eigenvalue weighted by molar-refractivity contribution is 8.25. The van der Waals surface area contributed by atoms with E-state index in [1.807, 2.05) is 6.07 Å². The Hall–Kier alpha value is -12.0. The minimum Gasteiger partial charge on any atom is -0.494 e. The zero-order chi connectivity index (χ0) is 85.6. The van der Waals surface area contributed by atoms with Gasteiger partial charge in [-0.15, -0.1) is 0 Å². The minimum atomic E-state index is -0.937. The molecule has 0 bridgehead atoms. The smallest absolute Gasteiger partial charge is 0.350 e. The summed E-state index contributed by atoms with van der Waals surface area (Å²) in [6.45, 7) is 24.4. The first-order valence-electron chi connectivity index (χ1n) is 39.1. The molecule has 0 saturated carbocycles. The lowest BCUT2D eigenvalue weighted by molar-refractivity contribution is -0.139. The van der Waals surface area contributed by atoms with Crippen LogP contribution in [0.3, 0.4) is 0 Å². The number of nitriles is 1. The summed E-state index contributed by atoms with van der Waals surface area (Å²) >= 11 is 3.84. The summed E-state index contributed by atoms with van der Waals surface area (Å²) < 4.78 is 79.0. The Balaban J connectivity index is 0.0000202. The molecule has 8 rings (SSSR count). The Kier molecular flexibility index (Phi) is 42.6. The summed E-state index contributed by atoms with van der Waals surface area (Å²) in [7, 11) is 0. The summed E-state index contributed by atoms with van der Waals surface area (Å²) in [6, 6.07) is 33.2. The van der Waals surface area contributed by atoms with E-state index in [1.54, 1.807) is 97.1 Å². The van der Waals surface area contributed by atoms with Gasteiger partial charge in [0.05, 0.1) is 123 Å². The van der Waals surface area contributed by atoms with Gasteiger partial charge in [0.25, 0.3) is 5.70 Å². The number of unbranched alkanes of at least 4 members (excludes halogenated alkanes) is 15. The van der Waals surface area contributed by atoms with Gasteiger partial charge in [-0.05, 0) is 250 Å². The van der Waals surface area contributed by atoms with Crippen LogP contribution in [0.4, 0.5) is 0 Å². The van der Waals surface area contributed by atoms with E-state index < -0.39 is 59.7 Å². The molecule has 6 aromatic rings. The van der Waals surface area contributed by atoms with Crippen molar-refractivity contribution in [3.63, 3.8) is 0 Å². The second-order valence-corrected chi connectivity index (χ2v) is 30.8. The van der Waals surface area contributed by atoms with Gasteiger partial charge >= 0.3 is 59.7 Å². The largest absolute Gasteiger partial charge is 0.494 e. The number of benzene rings is 6. The molecule has 2 aliphatic rings. The van der Waals surface area contributed by atoms with E-state index in [4.69, 9.17) is 72.9 Å². The Morgan fingerprint density at radius 3 is 0.769 bits per heavy atom. The predicted octanol–water partition coefficient (Wildman–Crippen LogP) is 19.4. The summed E-state index contributed by atoms with van der Waals surface area (Å²) in [5.74, 6) is -4.35. The summed E-state index contributed by atoms with van der Waals surface area (Å²) in [5, 5.41) is 10.5. The number of thioether (sulfide) groups is 4. The highest BCUT2D eigenvalue weighted by Crippen LogP contribution is 2.61. The molecule has 0 N–H and O–H groups in total. The summed E-state index contributed by atoms with van der Waals surface area (Å²) in [5.41, 5.74) is 0.0185. The molecule has 121 heavy (non-hydrogen) atoms. The molecule has 6 aromatic carbocycles. The molecule has 26 nitrogen and oxygen atoms in total. The normalized spacial score (nSPS) is 11.4. The van der Waals surface area contributed by atoms with Crippen LogP contribution in [0.2, 0.25) is 0 Å². The van der Waals surface area contributed by atoms with Crippen molar-refractivity contribution < 1.29 is 114 Å². The van der Waals surface area contributed by atoms with Gasteiger partial charge in [-0.1, -0.05) is 80.8 Å².